The van der Waals surface area contributed by atoms with Crippen LogP contribution < -0.4 is 0 Å². The Labute approximate surface area is 131 Å². The Bertz CT molecular complexity index is 662. The molecule has 116 valence electrons. The molecule has 0 aromatic heterocycles. The SMILES string of the molecule is CC(C)CC(C)(c1ccccc1)c1cccc(C(=O)O)c1O. The summed E-state index contributed by atoms with van der Waals surface area (Å²) >= 11 is 0. The van der Waals surface area contributed by atoms with Crippen LogP contribution in [0.4, 0.5) is 0 Å². The quantitative estimate of drug-likeness (QED) is 0.857. The molecule has 2 aromatic rings. The highest BCUT2D eigenvalue weighted by Crippen LogP contribution is 2.42. The van der Waals surface area contributed by atoms with Crippen LogP contribution in [0.2, 0.25) is 0 Å². The Balaban J connectivity index is 2.66. The lowest BCUT2D eigenvalue weighted by atomic mass is 9.70. The molecular weight excluding hydrogens is 276 g/mol. The van der Waals surface area contributed by atoms with Gasteiger partial charge < -0.3 is 10.2 Å². The first-order valence-electron chi connectivity index (χ1n) is 7.47. The summed E-state index contributed by atoms with van der Waals surface area (Å²) in [6, 6.07) is 14.9. The van der Waals surface area contributed by atoms with E-state index in [2.05, 4.69) is 20.8 Å². The Morgan fingerprint density at radius 2 is 1.73 bits per heavy atom. The lowest BCUT2D eigenvalue weighted by Gasteiger charge is -2.33. The van der Waals surface area contributed by atoms with Crippen LogP contribution in [-0.4, -0.2) is 16.2 Å². The number of benzene rings is 2. The molecule has 2 N–H and O–H groups in total. The third kappa shape index (κ3) is 2.98. The zero-order chi connectivity index (χ0) is 16.3. The van der Waals surface area contributed by atoms with Gasteiger partial charge in [-0.3, -0.25) is 0 Å². The van der Waals surface area contributed by atoms with Crippen molar-refractivity contribution in [1.82, 2.24) is 0 Å². The van der Waals surface area contributed by atoms with E-state index in [9.17, 15) is 15.0 Å². The highest BCUT2D eigenvalue weighted by atomic mass is 16.4. The average Bonchev–Trinajstić information content (AvgIpc) is 2.47. The molecule has 3 nitrogen and oxygen atoms in total. The molecule has 0 heterocycles. The second-order valence-electron chi connectivity index (χ2n) is 6.30. The van der Waals surface area contributed by atoms with Crippen molar-refractivity contribution in [1.29, 1.82) is 0 Å². The van der Waals surface area contributed by atoms with Crippen LogP contribution in [-0.2, 0) is 5.41 Å². The van der Waals surface area contributed by atoms with Crippen LogP contribution in [0.3, 0.4) is 0 Å². The summed E-state index contributed by atoms with van der Waals surface area (Å²) in [5.41, 5.74) is 1.24. The number of hydrogen-bond donors (Lipinski definition) is 2. The Morgan fingerprint density at radius 3 is 2.27 bits per heavy atom. The van der Waals surface area contributed by atoms with Crippen molar-refractivity contribution < 1.29 is 15.0 Å². The third-order valence-corrected chi connectivity index (χ3v) is 4.09. The molecule has 0 bridgehead atoms. The number of carbonyl (C=O) groups is 1. The van der Waals surface area contributed by atoms with Crippen molar-refractivity contribution in [3.05, 3.63) is 65.2 Å². The topological polar surface area (TPSA) is 57.5 Å². The molecule has 0 radical (unpaired) electrons. The number of phenols is 1. The van der Waals surface area contributed by atoms with Gasteiger partial charge in [0.1, 0.15) is 11.3 Å². The zero-order valence-electron chi connectivity index (χ0n) is 13.2. The predicted octanol–water partition coefficient (Wildman–Crippen LogP) is 4.44. The number of aromatic hydroxyl groups is 1. The summed E-state index contributed by atoms with van der Waals surface area (Å²) in [6.07, 6.45) is 0.813. The van der Waals surface area contributed by atoms with E-state index in [0.29, 0.717) is 11.5 Å². The molecule has 0 saturated heterocycles. The fraction of sp³-hybridized carbons (Fsp3) is 0.316. The molecule has 0 amide bonds. The van der Waals surface area contributed by atoms with Crippen LogP contribution in [0.1, 0.15) is 48.7 Å². The molecule has 3 heteroatoms. The van der Waals surface area contributed by atoms with E-state index >= 15 is 0 Å². The van der Waals surface area contributed by atoms with Crippen LogP contribution in [0.25, 0.3) is 0 Å². The van der Waals surface area contributed by atoms with Gasteiger partial charge in [-0.15, -0.1) is 0 Å². The summed E-state index contributed by atoms with van der Waals surface area (Å²) in [7, 11) is 0. The molecule has 2 rings (SSSR count). The number of hydrogen-bond acceptors (Lipinski definition) is 2. The monoisotopic (exact) mass is 298 g/mol. The lowest BCUT2D eigenvalue weighted by Crippen LogP contribution is -2.26. The van der Waals surface area contributed by atoms with Crippen LogP contribution >= 0.6 is 0 Å². The second kappa shape index (κ2) is 6.22. The van der Waals surface area contributed by atoms with Gasteiger partial charge in [-0.1, -0.05) is 63.2 Å². The van der Waals surface area contributed by atoms with E-state index in [4.69, 9.17) is 0 Å². The van der Waals surface area contributed by atoms with Crippen LogP contribution in [0, 0.1) is 5.92 Å². The van der Waals surface area contributed by atoms with Gasteiger partial charge in [0, 0.05) is 11.0 Å². The molecule has 0 fully saturated rings. The van der Waals surface area contributed by atoms with Crippen molar-refractivity contribution in [3.8, 4) is 5.75 Å². The van der Waals surface area contributed by atoms with E-state index in [-0.39, 0.29) is 11.3 Å². The fourth-order valence-electron chi connectivity index (χ4n) is 3.17. The lowest BCUT2D eigenvalue weighted by molar-refractivity contribution is 0.0693. The van der Waals surface area contributed by atoms with Gasteiger partial charge in [-0.25, -0.2) is 4.79 Å². The first-order valence-corrected chi connectivity index (χ1v) is 7.47. The Morgan fingerprint density at radius 1 is 1.09 bits per heavy atom. The maximum Gasteiger partial charge on any atom is 0.339 e. The van der Waals surface area contributed by atoms with Gasteiger partial charge in [0.2, 0.25) is 0 Å². The minimum absolute atomic E-state index is 0.0524. The maximum absolute atomic E-state index is 11.3. The van der Waals surface area contributed by atoms with Gasteiger partial charge in [0.05, 0.1) is 0 Å². The van der Waals surface area contributed by atoms with Crippen molar-refractivity contribution in [2.75, 3.05) is 0 Å². The number of para-hydroxylation sites is 1. The van der Waals surface area contributed by atoms with Gasteiger partial charge in [-0.05, 0) is 24.0 Å². The maximum atomic E-state index is 11.3. The first kappa shape index (κ1) is 16.1. The van der Waals surface area contributed by atoms with E-state index in [1.54, 1.807) is 6.07 Å². The molecule has 22 heavy (non-hydrogen) atoms. The van der Waals surface area contributed by atoms with E-state index in [0.717, 1.165) is 12.0 Å². The van der Waals surface area contributed by atoms with E-state index in [1.165, 1.54) is 6.07 Å². The normalized spacial score (nSPS) is 13.8. The summed E-state index contributed by atoms with van der Waals surface area (Å²) in [6.45, 7) is 6.31. The van der Waals surface area contributed by atoms with Gasteiger partial charge in [-0.2, -0.15) is 0 Å². The fourth-order valence-corrected chi connectivity index (χ4v) is 3.17. The number of carboxylic acids is 1. The molecule has 2 aromatic carbocycles. The highest BCUT2D eigenvalue weighted by Gasteiger charge is 2.33. The highest BCUT2D eigenvalue weighted by molar-refractivity contribution is 5.91. The summed E-state index contributed by atoms with van der Waals surface area (Å²) in [4.78, 5) is 11.3. The van der Waals surface area contributed by atoms with Crippen molar-refractivity contribution in [2.45, 2.75) is 32.6 Å². The van der Waals surface area contributed by atoms with E-state index < -0.39 is 11.4 Å². The second-order valence-corrected chi connectivity index (χ2v) is 6.30. The molecule has 0 saturated carbocycles. The molecular formula is C19H22O3. The van der Waals surface area contributed by atoms with Crippen LogP contribution in [0.15, 0.2) is 48.5 Å². The zero-order valence-corrected chi connectivity index (χ0v) is 13.2. The van der Waals surface area contributed by atoms with Crippen LogP contribution in [0.5, 0.6) is 5.75 Å². The molecule has 0 aliphatic rings. The molecule has 1 atom stereocenters. The third-order valence-electron chi connectivity index (χ3n) is 4.09. The van der Waals surface area contributed by atoms with Crippen molar-refractivity contribution >= 4 is 5.97 Å². The summed E-state index contributed by atoms with van der Waals surface area (Å²) in [5, 5.41) is 19.7. The molecule has 0 spiro atoms. The first-order chi connectivity index (χ1) is 10.4. The Kier molecular flexibility index (Phi) is 4.55. The minimum Gasteiger partial charge on any atom is -0.507 e. The molecule has 0 aliphatic heterocycles. The summed E-state index contributed by atoms with van der Waals surface area (Å²) < 4.78 is 0. The minimum atomic E-state index is -1.11. The van der Waals surface area contributed by atoms with Crippen molar-refractivity contribution in [2.24, 2.45) is 5.92 Å². The average molecular weight is 298 g/mol. The van der Waals surface area contributed by atoms with E-state index in [1.807, 2.05) is 36.4 Å². The standard InChI is InChI=1S/C19H22O3/c1-13(2)12-19(3,14-8-5-4-6-9-14)16-11-7-10-15(17(16)20)18(21)22/h4-11,13,20H,12H2,1-3H3,(H,21,22). The Hall–Kier alpha value is -2.29. The number of rotatable bonds is 5. The van der Waals surface area contributed by atoms with Gasteiger partial charge in [0.15, 0.2) is 0 Å². The number of aromatic carboxylic acids is 1. The molecule has 1 unspecified atom stereocenters. The smallest absolute Gasteiger partial charge is 0.339 e. The number of carboxylic acid groups (broad SMARTS) is 1. The predicted molar refractivity (Wildman–Crippen MR) is 87.4 cm³/mol. The summed E-state index contributed by atoms with van der Waals surface area (Å²) in [5.74, 6) is -0.848. The molecule has 0 aliphatic carbocycles. The van der Waals surface area contributed by atoms with Gasteiger partial charge in [0.25, 0.3) is 0 Å². The van der Waals surface area contributed by atoms with Gasteiger partial charge >= 0.3 is 5.97 Å². The van der Waals surface area contributed by atoms with Crippen molar-refractivity contribution in [3.63, 3.8) is 0 Å². The largest absolute Gasteiger partial charge is 0.507 e.